The first kappa shape index (κ1) is 20.0. The minimum Gasteiger partial charge on any atom is -0.463 e. The van der Waals surface area contributed by atoms with Crippen LogP contribution >= 0.6 is 0 Å². The van der Waals surface area contributed by atoms with Crippen LogP contribution in [0.3, 0.4) is 0 Å². The number of hydrogen-bond donors (Lipinski definition) is 1. The molecule has 1 aromatic carbocycles. The summed E-state index contributed by atoms with van der Waals surface area (Å²) in [6.07, 6.45) is 3.67. The molecule has 4 aromatic rings. The summed E-state index contributed by atoms with van der Waals surface area (Å²) in [6, 6.07) is 12.6. The Morgan fingerprint density at radius 3 is 2.62 bits per heavy atom. The molecular formula is C24H22N4O4. The predicted molar refractivity (Wildman–Crippen MR) is 117 cm³/mol. The molecule has 2 amide bonds. The summed E-state index contributed by atoms with van der Waals surface area (Å²) in [4.78, 5) is 31.8. The minimum atomic E-state index is -0.270. The van der Waals surface area contributed by atoms with Crippen LogP contribution in [0.25, 0.3) is 22.6 Å². The highest BCUT2D eigenvalue weighted by Gasteiger charge is 2.21. The molecule has 162 valence electrons. The fraction of sp³-hybridized carbons (Fsp3) is 0.250. The zero-order chi connectivity index (χ0) is 22.1. The van der Waals surface area contributed by atoms with Gasteiger partial charge < -0.3 is 19.2 Å². The van der Waals surface area contributed by atoms with Gasteiger partial charge in [0.2, 0.25) is 0 Å². The molecule has 0 atom stereocenters. The van der Waals surface area contributed by atoms with Crippen LogP contribution in [0.2, 0.25) is 0 Å². The van der Waals surface area contributed by atoms with Crippen LogP contribution in [0.5, 0.6) is 0 Å². The van der Waals surface area contributed by atoms with E-state index in [1.807, 2.05) is 29.2 Å². The third kappa shape index (κ3) is 3.75. The Hall–Kier alpha value is -3.94. The molecule has 1 fully saturated rings. The summed E-state index contributed by atoms with van der Waals surface area (Å²) in [5.74, 6) is 0.327. The molecule has 1 N–H and O–H groups in total. The van der Waals surface area contributed by atoms with E-state index in [-0.39, 0.29) is 17.5 Å². The number of benzene rings is 1. The molecule has 5 rings (SSSR count). The number of nitrogens with one attached hydrogen (secondary N) is 1. The second-order valence-corrected chi connectivity index (χ2v) is 7.86. The number of carbonyl (C=O) groups is 2. The summed E-state index contributed by atoms with van der Waals surface area (Å²) >= 11 is 0. The molecular weight excluding hydrogens is 408 g/mol. The van der Waals surface area contributed by atoms with Crippen molar-refractivity contribution in [3.05, 3.63) is 71.1 Å². The Morgan fingerprint density at radius 1 is 1.12 bits per heavy atom. The van der Waals surface area contributed by atoms with Crippen molar-refractivity contribution in [2.45, 2.75) is 26.3 Å². The monoisotopic (exact) mass is 430 g/mol. The van der Waals surface area contributed by atoms with E-state index in [0.29, 0.717) is 40.2 Å². The molecule has 32 heavy (non-hydrogen) atoms. The third-order valence-electron chi connectivity index (χ3n) is 5.68. The van der Waals surface area contributed by atoms with Crippen LogP contribution in [0.1, 0.15) is 44.8 Å². The number of aryl methyl sites for hydroxylation is 1. The van der Waals surface area contributed by atoms with Crippen LogP contribution in [0.4, 0.5) is 0 Å². The van der Waals surface area contributed by atoms with Gasteiger partial charge in [0.15, 0.2) is 5.76 Å². The first-order valence-electron chi connectivity index (χ1n) is 10.6. The Kier molecular flexibility index (Phi) is 5.18. The number of rotatable bonds is 5. The SMILES string of the molecule is Cc1noc2nc(-c3ccco3)cc(C(=O)NCc3ccc(C(=O)N4CCCC4)cc3)c12. The molecule has 3 aromatic heterocycles. The number of pyridine rings is 1. The Bertz CT molecular complexity index is 1270. The van der Waals surface area contributed by atoms with Gasteiger partial charge in [-0.2, -0.15) is 0 Å². The van der Waals surface area contributed by atoms with Crippen LogP contribution in [0.15, 0.2) is 57.7 Å². The van der Waals surface area contributed by atoms with Crippen molar-refractivity contribution in [2.75, 3.05) is 13.1 Å². The molecule has 8 heteroatoms. The first-order valence-corrected chi connectivity index (χ1v) is 10.6. The third-order valence-corrected chi connectivity index (χ3v) is 5.68. The van der Waals surface area contributed by atoms with E-state index < -0.39 is 0 Å². The topological polar surface area (TPSA) is 101 Å². The van der Waals surface area contributed by atoms with Crippen molar-refractivity contribution < 1.29 is 18.5 Å². The van der Waals surface area contributed by atoms with Crippen molar-refractivity contribution in [3.63, 3.8) is 0 Å². The molecule has 0 radical (unpaired) electrons. The fourth-order valence-corrected chi connectivity index (χ4v) is 3.97. The molecule has 1 saturated heterocycles. The molecule has 0 spiro atoms. The minimum absolute atomic E-state index is 0.0608. The molecule has 8 nitrogen and oxygen atoms in total. The van der Waals surface area contributed by atoms with Crippen LogP contribution in [-0.2, 0) is 6.54 Å². The maximum atomic E-state index is 13.1. The summed E-state index contributed by atoms with van der Waals surface area (Å²) in [5, 5.41) is 7.47. The van der Waals surface area contributed by atoms with Gasteiger partial charge in [0.25, 0.3) is 17.5 Å². The molecule has 0 aliphatic carbocycles. The highest BCUT2D eigenvalue weighted by atomic mass is 16.5. The quantitative estimate of drug-likeness (QED) is 0.514. The maximum absolute atomic E-state index is 13.1. The number of aromatic nitrogens is 2. The number of amides is 2. The normalized spacial score (nSPS) is 13.6. The lowest BCUT2D eigenvalue weighted by Gasteiger charge is -2.15. The van der Waals surface area contributed by atoms with Crippen molar-refractivity contribution >= 4 is 22.9 Å². The van der Waals surface area contributed by atoms with Gasteiger partial charge in [0.05, 0.1) is 22.9 Å². The molecule has 0 unspecified atom stereocenters. The molecule has 1 aliphatic rings. The van der Waals surface area contributed by atoms with Crippen molar-refractivity contribution in [2.24, 2.45) is 0 Å². The van der Waals surface area contributed by atoms with E-state index in [2.05, 4.69) is 15.5 Å². The van der Waals surface area contributed by atoms with Crippen LogP contribution in [-0.4, -0.2) is 39.9 Å². The molecule has 0 saturated carbocycles. The predicted octanol–water partition coefficient (Wildman–Crippen LogP) is 3.96. The van der Waals surface area contributed by atoms with E-state index in [0.717, 1.165) is 31.5 Å². The smallest absolute Gasteiger partial charge is 0.259 e. The standard InChI is InChI=1S/C24H22N4O4/c1-15-21-18(13-19(20-5-4-12-31-20)26-23(21)32-27-15)22(29)25-14-16-6-8-17(9-7-16)24(30)28-10-2-3-11-28/h4-9,12-13H,2-3,10-11,14H2,1H3,(H,25,29). The second kappa shape index (κ2) is 8.30. The van der Waals surface area contributed by atoms with Gasteiger partial charge in [0.1, 0.15) is 5.69 Å². The zero-order valence-electron chi connectivity index (χ0n) is 17.6. The summed E-state index contributed by atoms with van der Waals surface area (Å²) in [6.45, 7) is 3.73. The van der Waals surface area contributed by atoms with Crippen LogP contribution in [0, 0.1) is 6.92 Å². The van der Waals surface area contributed by atoms with Gasteiger partial charge in [-0.1, -0.05) is 17.3 Å². The van der Waals surface area contributed by atoms with E-state index in [1.165, 1.54) is 0 Å². The lowest BCUT2D eigenvalue weighted by atomic mass is 10.1. The van der Waals surface area contributed by atoms with Gasteiger partial charge in [0, 0.05) is 25.2 Å². The van der Waals surface area contributed by atoms with E-state index >= 15 is 0 Å². The average Bonchev–Trinajstić information content (AvgIpc) is 3.59. The van der Waals surface area contributed by atoms with Gasteiger partial charge >= 0.3 is 0 Å². The second-order valence-electron chi connectivity index (χ2n) is 7.86. The summed E-state index contributed by atoms with van der Waals surface area (Å²) < 4.78 is 10.7. The van der Waals surface area contributed by atoms with Gasteiger partial charge in [-0.15, -0.1) is 0 Å². The maximum Gasteiger partial charge on any atom is 0.259 e. The van der Waals surface area contributed by atoms with Crippen molar-refractivity contribution in [1.82, 2.24) is 20.4 Å². The molecule has 0 bridgehead atoms. The Morgan fingerprint density at radius 2 is 1.91 bits per heavy atom. The lowest BCUT2D eigenvalue weighted by Crippen LogP contribution is -2.27. The van der Waals surface area contributed by atoms with Gasteiger partial charge in [-0.05, 0) is 55.7 Å². The molecule has 1 aliphatic heterocycles. The van der Waals surface area contributed by atoms with Crippen LogP contribution < -0.4 is 5.32 Å². The Labute approximate surface area is 184 Å². The van der Waals surface area contributed by atoms with E-state index in [9.17, 15) is 9.59 Å². The summed E-state index contributed by atoms with van der Waals surface area (Å²) in [5.41, 5.74) is 3.35. The number of carbonyl (C=O) groups excluding carboxylic acids is 2. The highest BCUT2D eigenvalue weighted by Crippen LogP contribution is 2.27. The number of nitrogens with zero attached hydrogens (tertiary/aromatic N) is 3. The van der Waals surface area contributed by atoms with E-state index in [1.54, 1.807) is 31.4 Å². The number of hydrogen-bond acceptors (Lipinski definition) is 6. The van der Waals surface area contributed by atoms with Crippen molar-refractivity contribution in [3.8, 4) is 11.5 Å². The lowest BCUT2D eigenvalue weighted by molar-refractivity contribution is 0.0792. The number of likely N-dealkylation sites (tertiary alicyclic amines) is 1. The zero-order valence-corrected chi connectivity index (χ0v) is 17.6. The fourth-order valence-electron chi connectivity index (χ4n) is 3.97. The highest BCUT2D eigenvalue weighted by molar-refractivity contribution is 6.06. The largest absolute Gasteiger partial charge is 0.463 e. The van der Waals surface area contributed by atoms with E-state index in [4.69, 9.17) is 8.94 Å². The van der Waals surface area contributed by atoms with Gasteiger partial charge in [-0.3, -0.25) is 9.59 Å². The summed E-state index contributed by atoms with van der Waals surface area (Å²) in [7, 11) is 0. The molecule has 4 heterocycles. The first-order chi connectivity index (χ1) is 15.6. The average molecular weight is 430 g/mol. The number of fused-ring (bicyclic) bond motifs is 1. The number of furan rings is 1. The van der Waals surface area contributed by atoms with Gasteiger partial charge in [-0.25, -0.2) is 4.98 Å². The van der Waals surface area contributed by atoms with Crippen molar-refractivity contribution in [1.29, 1.82) is 0 Å². The Balaban J connectivity index is 1.34.